The number of nitrogens with zero attached hydrogens (tertiary/aromatic N) is 3. The fourth-order valence-corrected chi connectivity index (χ4v) is 4.58. The lowest BCUT2D eigenvalue weighted by Crippen LogP contribution is -2.52. The van der Waals surface area contributed by atoms with Crippen molar-refractivity contribution in [3.8, 4) is 0 Å². The Hall–Kier alpha value is -1.36. The molecule has 5 heteroatoms. The molecule has 146 valence electrons. The first-order chi connectivity index (χ1) is 12.3. The Kier molecular flexibility index (Phi) is 5.75. The molecule has 0 spiro atoms. The molecule has 0 aromatic heterocycles. The highest BCUT2D eigenvalue weighted by molar-refractivity contribution is 5.84. The van der Waals surface area contributed by atoms with Crippen molar-refractivity contribution in [1.29, 1.82) is 0 Å². The maximum absolute atomic E-state index is 12.9. The largest absolute Gasteiger partial charge is 0.342 e. The molecule has 2 amide bonds. The van der Waals surface area contributed by atoms with Crippen LogP contribution in [-0.2, 0) is 9.59 Å². The molecule has 0 aromatic rings. The average molecular weight is 362 g/mol. The zero-order valence-electron chi connectivity index (χ0n) is 17.0. The first-order valence-electron chi connectivity index (χ1n) is 10.2. The van der Waals surface area contributed by atoms with E-state index < -0.39 is 0 Å². The predicted molar refractivity (Wildman–Crippen MR) is 104 cm³/mol. The molecular weight excluding hydrogens is 326 g/mol. The van der Waals surface area contributed by atoms with Crippen LogP contribution in [0.1, 0.15) is 47.0 Å². The molecule has 0 bridgehead atoms. The number of hydrogen-bond donors (Lipinski definition) is 0. The van der Waals surface area contributed by atoms with Crippen LogP contribution in [0.3, 0.4) is 0 Å². The van der Waals surface area contributed by atoms with Crippen molar-refractivity contribution in [1.82, 2.24) is 14.7 Å². The van der Waals surface area contributed by atoms with Gasteiger partial charge in [-0.15, -0.1) is 0 Å². The molecule has 2 atom stereocenters. The lowest BCUT2D eigenvalue weighted by molar-refractivity contribution is -0.136. The number of carbonyl (C=O) groups excluding carboxylic acids is 2. The van der Waals surface area contributed by atoms with Gasteiger partial charge in [-0.05, 0) is 44.4 Å². The molecule has 26 heavy (non-hydrogen) atoms. The minimum Gasteiger partial charge on any atom is -0.342 e. The second kappa shape index (κ2) is 7.71. The van der Waals surface area contributed by atoms with Gasteiger partial charge in [0.05, 0.1) is 12.5 Å². The number of hydrogen-bond acceptors (Lipinski definition) is 3. The zero-order valence-corrected chi connectivity index (χ0v) is 17.0. The molecule has 3 aliphatic rings. The quantitative estimate of drug-likeness (QED) is 0.722. The molecule has 3 fully saturated rings. The van der Waals surface area contributed by atoms with Crippen LogP contribution in [0.2, 0.25) is 0 Å². The van der Waals surface area contributed by atoms with Crippen molar-refractivity contribution in [2.24, 2.45) is 17.3 Å². The molecule has 2 unspecified atom stereocenters. The number of piperazine rings is 1. The normalized spacial score (nSPS) is 28.6. The average Bonchev–Trinajstić information content (AvgIpc) is 3.15. The summed E-state index contributed by atoms with van der Waals surface area (Å²) in [6.45, 7) is 14.1. The molecule has 3 rings (SSSR count). The third-order valence-corrected chi connectivity index (χ3v) is 6.44. The third kappa shape index (κ3) is 4.13. The van der Waals surface area contributed by atoms with E-state index in [-0.39, 0.29) is 17.2 Å². The standard InChI is InChI=1S/C21H35N3O2/c1-16(2)14-17-19(21(17,3)4)20(26)24-12-10-22(11-13-24)15-18(25)23-8-6-5-7-9-23/h14,17,19H,5-13,15H2,1-4H3. The molecule has 0 radical (unpaired) electrons. The maximum atomic E-state index is 12.9. The molecule has 2 heterocycles. The van der Waals surface area contributed by atoms with E-state index in [1.54, 1.807) is 0 Å². The van der Waals surface area contributed by atoms with Gasteiger partial charge < -0.3 is 9.80 Å². The summed E-state index contributed by atoms with van der Waals surface area (Å²) in [5, 5.41) is 0. The summed E-state index contributed by atoms with van der Waals surface area (Å²) in [6.07, 6.45) is 5.78. The van der Waals surface area contributed by atoms with Gasteiger partial charge in [-0.1, -0.05) is 25.5 Å². The summed E-state index contributed by atoms with van der Waals surface area (Å²) in [7, 11) is 0. The van der Waals surface area contributed by atoms with E-state index in [2.05, 4.69) is 38.7 Å². The van der Waals surface area contributed by atoms with Crippen LogP contribution in [0.25, 0.3) is 0 Å². The Morgan fingerprint density at radius 3 is 2.12 bits per heavy atom. The Morgan fingerprint density at radius 2 is 1.54 bits per heavy atom. The van der Waals surface area contributed by atoms with Crippen LogP contribution in [0.5, 0.6) is 0 Å². The highest BCUT2D eigenvalue weighted by atomic mass is 16.2. The summed E-state index contributed by atoms with van der Waals surface area (Å²) in [4.78, 5) is 31.6. The van der Waals surface area contributed by atoms with Crippen LogP contribution in [0, 0.1) is 17.3 Å². The first-order valence-corrected chi connectivity index (χ1v) is 10.2. The van der Waals surface area contributed by atoms with Gasteiger partial charge in [0.2, 0.25) is 11.8 Å². The number of likely N-dealkylation sites (tertiary alicyclic amines) is 1. The Balaban J connectivity index is 1.47. The summed E-state index contributed by atoms with van der Waals surface area (Å²) in [6, 6.07) is 0. The highest BCUT2D eigenvalue weighted by Gasteiger charge is 2.61. The van der Waals surface area contributed by atoms with E-state index in [1.807, 2.05) is 9.80 Å². The molecule has 2 aliphatic heterocycles. The molecule has 1 aliphatic carbocycles. The Labute approximate surface area is 158 Å². The summed E-state index contributed by atoms with van der Waals surface area (Å²) < 4.78 is 0. The summed E-state index contributed by atoms with van der Waals surface area (Å²) >= 11 is 0. The van der Waals surface area contributed by atoms with E-state index in [4.69, 9.17) is 0 Å². The monoisotopic (exact) mass is 361 g/mol. The number of carbonyl (C=O) groups is 2. The van der Waals surface area contributed by atoms with E-state index in [1.165, 1.54) is 12.0 Å². The molecule has 1 saturated carbocycles. The number of piperidine rings is 1. The number of allylic oxidation sites excluding steroid dienone is 2. The van der Waals surface area contributed by atoms with Gasteiger partial charge in [0.1, 0.15) is 0 Å². The SMILES string of the molecule is CC(C)=CC1C(C(=O)N2CCN(CC(=O)N3CCCCC3)CC2)C1(C)C. The predicted octanol–water partition coefficient (Wildman–Crippen LogP) is 2.38. The second-order valence-electron chi connectivity index (χ2n) is 9.11. The van der Waals surface area contributed by atoms with Gasteiger partial charge in [0.15, 0.2) is 0 Å². The summed E-state index contributed by atoms with van der Waals surface area (Å²) in [5.74, 6) is 1.06. The van der Waals surface area contributed by atoms with Gasteiger partial charge in [-0.3, -0.25) is 14.5 Å². The van der Waals surface area contributed by atoms with Crippen LogP contribution in [0.15, 0.2) is 11.6 Å². The Morgan fingerprint density at radius 1 is 0.923 bits per heavy atom. The Bertz CT molecular complexity index is 566. The van der Waals surface area contributed by atoms with Gasteiger partial charge in [-0.25, -0.2) is 0 Å². The molecular formula is C21H35N3O2. The van der Waals surface area contributed by atoms with Gasteiger partial charge in [0, 0.05) is 39.3 Å². The lowest BCUT2D eigenvalue weighted by atomic mass is 10.1. The van der Waals surface area contributed by atoms with Crippen LogP contribution in [0.4, 0.5) is 0 Å². The van der Waals surface area contributed by atoms with Crippen molar-refractivity contribution in [2.75, 3.05) is 45.8 Å². The van der Waals surface area contributed by atoms with Crippen molar-refractivity contribution in [3.05, 3.63) is 11.6 Å². The van der Waals surface area contributed by atoms with Gasteiger partial charge in [0.25, 0.3) is 0 Å². The fraction of sp³-hybridized carbons (Fsp3) is 0.810. The second-order valence-corrected chi connectivity index (χ2v) is 9.11. The van der Waals surface area contributed by atoms with E-state index in [0.29, 0.717) is 18.4 Å². The minimum atomic E-state index is 0.0791. The fourth-order valence-electron chi connectivity index (χ4n) is 4.58. The molecule has 0 aromatic carbocycles. The minimum absolute atomic E-state index is 0.0791. The lowest BCUT2D eigenvalue weighted by Gasteiger charge is -2.36. The van der Waals surface area contributed by atoms with E-state index in [9.17, 15) is 9.59 Å². The first kappa shape index (κ1) is 19.4. The van der Waals surface area contributed by atoms with Crippen LogP contribution < -0.4 is 0 Å². The van der Waals surface area contributed by atoms with E-state index in [0.717, 1.165) is 52.1 Å². The van der Waals surface area contributed by atoms with Crippen molar-refractivity contribution in [3.63, 3.8) is 0 Å². The van der Waals surface area contributed by atoms with E-state index >= 15 is 0 Å². The highest BCUT2D eigenvalue weighted by Crippen LogP contribution is 2.60. The van der Waals surface area contributed by atoms with Crippen LogP contribution >= 0.6 is 0 Å². The smallest absolute Gasteiger partial charge is 0.236 e. The third-order valence-electron chi connectivity index (χ3n) is 6.44. The van der Waals surface area contributed by atoms with Crippen molar-refractivity contribution >= 4 is 11.8 Å². The molecule has 5 nitrogen and oxygen atoms in total. The zero-order chi connectivity index (χ0) is 18.9. The van der Waals surface area contributed by atoms with Crippen LogP contribution in [-0.4, -0.2) is 72.3 Å². The maximum Gasteiger partial charge on any atom is 0.236 e. The van der Waals surface area contributed by atoms with Gasteiger partial charge >= 0.3 is 0 Å². The summed E-state index contributed by atoms with van der Waals surface area (Å²) in [5.41, 5.74) is 1.37. The molecule has 2 saturated heterocycles. The number of rotatable bonds is 4. The van der Waals surface area contributed by atoms with Crippen molar-refractivity contribution < 1.29 is 9.59 Å². The number of amides is 2. The molecule has 0 N–H and O–H groups in total. The van der Waals surface area contributed by atoms with Gasteiger partial charge in [-0.2, -0.15) is 0 Å². The van der Waals surface area contributed by atoms with Crippen molar-refractivity contribution in [2.45, 2.75) is 47.0 Å². The topological polar surface area (TPSA) is 43.9 Å².